The van der Waals surface area contributed by atoms with E-state index in [1.165, 1.54) is 6.20 Å². The Morgan fingerprint density at radius 1 is 1.47 bits per heavy atom. The Hall–Kier alpha value is -1.46. The maximum Gasteiger partial charge on any atom is 0.356 e. The summed E-state index contributed by atoms with van der Waals surface area (Å²) in [5, 5.41) is 0.672. The average molecular weight is 275 g/mol. The van der Waals surface area contributed by atoms with Gasteiger partial charge in [-0.2, -0.15) is 0 Å². The topological polar surface area (TPSA) is 75.0 Å². The van der Waals surface area contributed by atoms with Crippen molar-refractivity contribution in [2.75, 3.05) is 6.61 Å². The molecule has 0 aliphatic carbocycles. The summed E-state index contributed by atoms with van der Waals surface area (Å²) < 4.78 is 4.81. The van der Waals surface area contributed by atoms with Crippen molar-refractivity contribution < 1.29 is 9.53 Å². The van der Waals surface area contributed by atoms with Crippen molar-refractivity contribution in [3.05, 3.63) is 32.3 Å². The number of carbonyl (C=O) groups is 1. The second-order valence-corrected chi connectivity index (χ2v) is 4.04. The van der Waals surface area contributed by atoms with Gasteiger partial charge in [-0.1, -0.05) is 23.2 Å². The van der Waals surface area contributed by atoms with Crippen LogP contribution in [-0.4, -0.2) is 22.5 Å². The maximum atomic E-state index is 11.6. The Kier molecular flexibility index (Phi) is 3.13. The highest BCUT2D eigenvalue weighted by molar-refractivity contribution is 6.43. The molecular formula is C10H8Cl2N2O3. The molecule has 0 saturated heterocycles. The molecule has 0 fully saturated rings. The van der Waals surface area contributed by atoms with E-state index in [1.54, 1.807) is 6.92 Å². The summed E-state index contributed by atoms with van der Waals surface area (Å²) in [5.74, 6) is -0.621. The standard InChI is InChI=1S/C10H8Cl2N2O3/c1-2-17-10(16)8-6(12)5-4(11)3-13-9(15)7(5)14-8/h3,14H,2H2,1H3,(H,13,15). The van der Waals surface area contributed by atoms with Gasteiger partial charge in [-0.3, -0.25) is 4.79 Å². The molecule has 17 heavy (non-hydrogen) atoms. The largest absolute Gasteiger partial charge is 0.461 e. The summed E-state index contributed by atoms with van der Waals surface area (Å²) in [6.07, 6.45) is 1.32. The monoisotopic (exact) mass is 274 g/mol. The molecule has 0 amide bonds. The van der Waals surface area contributed by atoms with Crippen LogP contribution in [0, 0.1) is 0 Å². The number of hydrogen-bond donors (Lipinski definition) is 2. The number of pyridine rings is 1. The van der Waals surface area contributed by atoms with Crippen LogP contribution in [0.25, 0.3) is 10.9 Å². The highest BCUT2D eigenvalue weighted by Gasteiger charge is 2.20. The Morgan fingerprint density at radius 2 is 2.18 bits per heavy atom. The van der Waals surface area contributed by atoms with Gasteiger partial charge in [0.1, 0.15) is 11.2 Å². The molecule has 2 aromatic heterocycles. The molecule has 0 bridgehead atoms. The molecule has 2 aromatic rings. The molecule has 0 radical (unpaired) electrons. The fourth-order valence-electron chi connectivity index (χ4n) is 1.49. The van der Waals surface area contributed by atoms with E-state index in [4.69, 9.17) is 27.9 Å². The smallest absolute Gasteiger partial charge is 0.356 e. The normalized spacial score (nSPS) is 10.8. The summed E-state index contributed by atoms with van der Waals surface area (Å²) in [7, 11) is 0. The minimum absolute atomic E-state index is 0.0297. The van der Waals surface area contributed by atoms with Gasteiger partial charge in [-0.05, 0) is 6.92 Å². The number of nitrogens with one attached hydrogen (secondary N) is 2. The summed E-state index contributed by atoms with van der Waals surface area (Å²) in [4.78, 5) is 28.1. The molecule has 90 valence electrons. The van der Waals surface area contributed by atoms with Gasteiger partial charge in [0.05, 0.1) is 16.7 Å². The van der Waals surface area contributed by atoms with Crippen LogP contribution in [0.4, 0.5) is 0 Å². The van der Waals surface area contributed by atoms with E-state index in [2.05, 4.69) is 9.97 Å². The second kappa shape index (κ2) is 4.43. The minimum Gasteiger partial charge on any atom is -0.461 e. The van der Waals surface area contributed by atoms with Gasteiger partial charge in [0.2, 0.25) is 0 Å². The predicted octanol–water partition coefficient (Wildman–Crippen LogP) is 2.34. The van der Waals surface area contributed by atoms with Crippen LogP contribution in [0.2, 0.25) is 10.0 Å². The highest BCUT2D eigenvalue weighted by Crippen LogP contribution is 2.31. The molecule has 5 nitrogen and oxygen atoms in total. The zero-order valence-electron chi connectivity index (χ0n) is 8.77. The van der Waals surface area contributed by atoms with E-state index in [9.17, 15) is 9.59 Å². The van der Waals surface area contributed by atoms with Crippen LogP contribution < -0.4 is 5.56 Å². The third kappa shape index (κ3) is 1.92. The molecule has 2 heterocycles. The Morgan fingerprint density at radius 3 is 2.76 bits per heavy atom. The molecule has 2 rings (SSSR count). The lowest BCUT2D eigenvalue weighted by Crippen LogP contribution is -2.07. The van der Waals surface area contributed by atoms with Crippen molar-refractivity contribution in [3.63, 3.8) is 0 Å². The summed E-state index contributed by atoms with van der Waals surface area (Å²) in [5.41, 5.74) is -0.213. The molecule has 0 aliphatic heterocycles. The van der Waals surface area contributed by atoms with Crippen LogP contribution in [0.5, 0.6) is 0 Å². The molecule has 0 unspecified atom stereocenters. The first-order valence-corrected chi connectivity index (χ1v) is 5.57. The van der Waals surface area contributed by atoms with Crippen LogP contribution in [0.1, 0.15) is 17.4 Å². The Labute approximate surface area is 106 Å². The molecule has 0 spiro atoms. The number of hydrogen-bond acceptors (Lipinski definition) is 3. The van der Waals surface area contributed by atoms with Crippen molar-refractivity contribution in [2.24, 2.45) is 0 Å². The third-order valence-electron chi connectivity index (χ3n) is 2.21. The highest BCUT2D eigenvalue weighted by atomic mass is 35.5. The fourth-order valence-corrected chi connectivity index (χ4v) is 2.10. The average Bonchev–Trinajstić information content (AvgIpc) is 2.63. The number of esters is 1. The predicted molar refractivity (Wildman–Crippen MR) is 64.9 cm³/mol. The number of aromatic nitrogens is 2. The second-order valence-electron chi connectivity index (χ2n) is 3.25. The SMILES string of the molecule is CCOC(=O)c1[nH]c2c(=O)[nH]cc(Cl)c2c1Cl. The molecule has 0 saturated carbocycles. The number of aromatic amines is 2. The van der Waals surface area contributed by atoms with Crippen LogP contribution in [0.3, 0.4) is 0 Å². The van der Waals surface area contributed by atoms with Crippen molar-refractivity contribution in [1.29, 1.82) is 0 Å². The molecule has 0 atom stereocenters. The molecule has 7 heteroatoms. The van der Waals surface area contributed by atoms with Crippen molar-refractivity contribution in [2.45, 2.75) is 6.92 Å². The summed E-state index contributed by atoms with van der Waals surface area (Å²) in [6, 6.07) is 0. The van der Waals surface area contributed by atoms with Gasteiger partial charge in [-0.15, -0.1) is 0 Å². The van der Waals surface area contributed by atoms with Gasteiger partial charge in [0.25, 0.3) is 5.56 Å². The van der Waals surface area contributed by atoms with Crippen LogP contribution in [0.15, 0.2) is 11.0 Å². The van der Waals surface area contributed by atoms with Crippen LogP contribution in [-0.2, 0) is 4.74 Å². The lowest BCUT2D eigenvalue weighted by Gasteiger charge is -1.98. The maximum absolute atomic E-state index is 11.6. The minimum atomic E-state index is -0.621. The van der Waals surface area contributed by atoms with E-state index in [1.807, 2.05) is 0 Å². The molecule has 2 N–H and O–H groups in total. The number of fused-ring (bicyclic) bond motifs is 1. The quantitative estimate of drug-likeness (QED) is 0.826. The van der Waals surface area contributed by atoms with E-state index < -0.39 is 11.5 Å². The molecular weight excluding hydrogens is 267 g/mol. The van der Waals surface area contributed by atoms with E-state index in [-0.39, 0.29) is 27.9 Å². The van der Waals surface area contributed by atoms with E-state index in [0.717, 1.165) is 0 Å². The van der Waals surface area contributed by atoms with Gasteiger partial charge >= 0.3 is 5.97 Å². The van der Waals surface area contributed by atoms with Gasteiger partial charge in [0, 0.05) is 11.6 Å². The number of ether oxygens (including phenoxy) is 1. The van der Waals surface area contributed by atoms with Gasteiger partial charge in [0.15, 0.2) is 0 Å². The Bertz CT molecular complexity index is 645. The number of carbonyl (C=O) groups excluding carboxylic acids is 1. The van der Waals surface area contributed by atoms with Gasteiger partial charge < -0.3 is 14.7 Å². The first kappa shape index (κ1) is 12.0. The van der Waals surface area contributed by atoms with E-state index in [0.29, 0.717) is 5.39 Å². The van der Waals surface area contributed by atoms with Gasteiger partial charge in [-0.25, -0.2) is 4.79 Å². The zero-order valence-corrected chi connectivity index (χ0v) is 10.3. The Balaban J connectivity index is 2.73. The number of rotatable bonds is 2. The third-order valence-corrected chi connectivity index (χ3v) is 2.89. The van der Waals surface area contributed by atoms with Crippen molar-refractivity contribution in [1.82, 2.24) is 9.97 Å². The lowest BCUT2D eigenvalue weighted by molar-refractivity contribution is 0.0521. The van der Waals surface area contributed by atoms with Crippen LogP contribution >= 0.6 is 23.2 Å². The number of halogens is 2. The fraction of sp³-hybridized carbons (Fsp3) is 0.200. The molecule has 0 aliphatic rings. The van der Waals surface area contributed by atoms with Crippen molar-refractivity contribution in [3.8, 4) is 0 Å². The summed E-state index contributed by atoms with van der Waals surface area (Å²) in [6.45, 7) is 1.89. The summed E-state index contributed by atoms with van der Waals surface area (Å²) >= 11 is 11.9. The number of H-pyrrole nitrogens is 2. The molecule has 0 aromatic carbocycles. The van der Waals surface area contributed by atoms with Crippen molar-refractivity contribution >= 4 is 40.1 Å². The van der Waals surface area contributed by atoms with E-state index >= 15 is 0 Å². The first-order valence-electron chi connectivity index (χ1n) is 4.81. The zero-order chi connectivity index (χ0) is 12.6. The first-order chi connectivity index (χ1) is 8.06. The lowest BCUT2D eigenvalue weighted by atomic mass is 10.3.